The van der Waals surface area contributed by atoms with Gasteiger partial charge in [-0.2, -0.15) is 13.2 Å². The summed E-state index contributed by atoms with van der Waals surface area (Å²) in [6, 6.07) is 5.23. The lowest BCUT2D eigenvalue weighted by Gasteiger charge is -2.15. The topological polar surface area (TPSA) is 20.2 Å². The SMILES string of the molecule is CC(O)C(C)Cc1cccc(C(F)(F)F)c1. The number of alkyl halides is 3. The Morgan fingerprint density at radius 2 is 1.88 bits per heavy atom. The molecule has 0 saturated heterocycles. The van der Waals surface area contributed by atoms with Crippen molar-refractivity contribution >= 4 is 0 Å². The molecular formula is C12H15F3O. The first-order valence-corrected chi connectivity index (χ1v) is 5.15. The van der Waals surface area contributed by atoms with Gasteiger partial charge < -0.3 is 5.11 Å². The van der Waals surface area contributed by atoms with Crippen LogP contribution in [0.3, 0.4) is 0 Å². The second-order valence-corrected chi connectivity index (χ2v) is 4.12. The van der Waals surface area contributed by atoms with Crippen LogP contribution in [0.25, 0.3) is 0 Å². The van der Waals surface area contributed by atoms with Crippen molar-refractivity contribution in [1.29, 1.82) is 0 Å². The van der Waals surface area contributed by atoms with Crippen LogP contribution in [0.4, 0.5) is 13.2 Å². The van der Waals surface area contributed by atoms with Crippen molar-refractivity contribution in [2.45, 2.75) is 32.5 Å². The summed E-state index contributed by atoms with van der Waals surface area (Å²) in [5.74, 6) is -0.0523. The van der Waals surface area contributed by atoms with Crippen molar-refractivity contribution in [2.75, 3.05) is 0 Å². The fourth-order valence-corrected chi connectivity index (χ4v) is 1.42. The maximum atomic E-state index is 12.4. The summed E-state index contributed by atoms with van der Waals surface area (Å²) in [6.45, 7) is 3.45. The molecule has 1 nitrogen and oxygen atoms in total. The Labute approximate surface area is 92.9 Å². The van der Waals surface area contributed by atoms with Gasteiger partial charge in [0.2, 0.25) is 0 Å². The average molecular weight is 232 g/mol. The Balaban J connectivity index is 2.83. The number of rotatable bonds is 3. The Bertz CT molecular complexity index is 344. The Morgan fingerprint density at radius 3 is 2.38 bits per heavy atom. The minimum Gasteiger partial charge on any atom is -0.393 e. The zero-order valence-electron chi connectivity index (χ0n) is 9.25. The molecule has 0 amide bonds. The predicted octanol–water partition coefficient (Wildman–Crippen LogP) is 3.26. The van der Waals surface area contributed by atoms with Gasteiger partial charge in [0.1, 0.15) is 0 Å². The summed E-state index contributed by atoms with van der Waals surface area (Å²) >= 11 is 0. The summed E-state index contributed by atoms with van der Waals surface area (Å²) in [6.07, 6.45) is -4.37. The van der Waals surface area contributed by atoms with Crippen molar-refractivity contribution in [3.63, 3.8) is 0 Å². The quantitative estimate of drug-likeness (QED) is 0.848. The lowest BCUT2D eigenvalue weighted by molar-refractivity contribution is -0.137. The van der Waals surface area contributed by atoms with Crippen molar-refractivity contribution < 1.29 is 18.3 Å². The first-order valence-electron chi connectivity index (χ1n) is 5.15. The van der Waals surface area contributed by atoms with E-state index in [-0.39, 0.29) is 5.92 Å². The van der Waals surface area contributed by atoms with E-state index in [9.17, 15) is 18.3 Å². The van der Waals surface area contributed by atoms with E-state index >= 15 is 0 Å². The lowest BCUT2D eigenvalue weighted by Crippen LogP contribution is -2.16. The molecule has 1 aromatic carbocycles. The van der Waals surface area contributed by atoms with Gasteiger partial charge in [0.05, 0.1) is 11.7 Å². The summed E-state index contributed by atoms with van der Waals surface area (Å²) < 4.78 is 37.2. The maximum absolute atomic E-state index is 12.4. The molecule has 2 atom stereocenters. The normalized spacial score (nSPS) is 15.9. The van der Waals surface area contributed by atoms with Crippen LogP contribution in [0.1, 0.15) is 25.0 Å². The molecule has 0 fully saturated rings. The molecule has 16 heavy (non-hydrogen) atoms. The molecule has 1 N–H and O–H groups in total. The molecule has 1 aromatic rings. The monoisotopic (exact) mass is 232 g/mol. The summed E-state index contributed by atoms with van der Waals surface area (Å²) in [4.78, 5) is 0. The Morgan fingerprint density at radius 1 is 1.25 bits per heavy atom. The molecule has 90 valence electrons. The highest BCUT2D eigenvalue weighted by molar-refractivity contribution is 5.26. The van der Waals surface area contributed by atoms with E-state index in [4.69, 9.17) is 0 Å². The van der Waals surface area contributed by atoms with Crippen LogP contribution in [0.2, 0.25) is 0 Å². The molecule has 0 saturated carbocycles. The first-order chi connectivity index (χ1) is 7.30. The van der Waals surface area contributed by atoms with Crippen molar-refractivity contribution in [1.82, 2.24) is 0 Å². The molecule has 1 rings (SSSR count). The van der Waals surface area contributed by atoms with Crippen LogP contribution in [0.15, 0.2) is 24.3 Å². The molecule has 0 aliphatic carbocycles. The Kier molecular flexibility index (Phi) is 3.97. The second kappa shape index (κ2) is 4.87. The average Bonchev–Trinajstić information content (AvgIpc) is 2.16. The van der Waals surface area contributed by atoms with Crippen molar-refractivity contribution in [3.8, 4) is 0 Å². The van der Waals surface area contributed by atoms with E-state index in [1.165, 1.54) is 6.07 Å². The molecule has 0 spiro atoms. The standard InChI is InChI=1S/C12H15F3O/c1-8(9(2)16)6-10-4-3-5-11(7-10)12(13,14)15/h3-5,7-9,16H,6H2,1-2H3. The van der Waals surface area contributed by atoms with Gasteiger partial charge in [-0.3, -0.25) is 0 Å². The third-order valence-electron chi connectivity index (χ3n) is 2.64. The summed E-state index contributed by atoms with van der Waals surface area (Å²) in [7, 11) is 0. The van der Waals surface area contributed by atoms with Crippen molar-refractivity contribution in [3.05, 3.63) is 35.4 Å². The highest BCUT2D eigenvalue weighted by Gasteiger charge is 2.30. The highest BCUT2D eigenvalue weighted by Crippen LogP contribution is 2.30. The van der Waals surface area contributed by atoms with E-state index < -0.39 is 17.8 Å². The third-order valence-corrected chi connectivity index (χ3v) is 2.64. The fraction of sp³-hybridized carbons (Fsp3) is 0.500. The van der Waals surface area contributed by atoms with Gasteiger partial charge in [0.15, 0.2) is 0 Å². The maximum Gasteiger partial charge on any atom is 0.416 e. The number of hydrogen-bond acceptors (Lipinski definition) is 1. The van der Waals surface area contributed by atoms with Gasteiger partial charge in [-0.25, -0.2) is 0 Å². The lowest BCUT2D eigenvalue weighted by atomic mass is 9.96. The molecule has 0 aromatic heterocycles. The van der Waals surface area contributed by atoms with E-state index in [0.717, 1.165) is 12.1 Å². The van der Waals surface area contributed by atoms with Gasteiger partial charge >= 0.3 is 6.18 Å². The number of aliphatic hydroxyl groups is 1. The molecular weight excluding hydrogens is 217 g/mol. The van der Waals surface area contributed by atoms with Crippen LogP contribution in [0.5, 0.6) is 0 Å². The minimum atomic E-state index is -4.30. The van der Waals surface area contributed by atoms with Gasteiger partial charge in [0.25, 0.3) is 0 Å². The molecule has 0 radical (unpaired) electrons. The zero-order valence-corrected chi connectivity index (χ0v) is 9.25. The molecule has 0 bridgehead atoms. The summed E-state index contributed by atoms with van der Waals surface area (Å²) in [5.41, 5.74) is -0.0361. The minimum absolute atomic E-state index is 0.0523. The Hall–Kier alpha value is -1.03. The number of halogens is 3. The van der Waals surface area contributed by atoms with Crippen molar-refractivity contribution in [2.24, 2.45) is 5.92 Å². The predicted molar refractivity (Wildman–Crippen MR) is 56.0 cm³/mol. The van der Waals surface area contributed by atoms with Gasteiger partial charge in [0, 0.05) is 0 Å². The zero-order chi connectivity index (χ0) is 12.3. The first kappa shape index (κ1) is 13.0. The van der Waals surface area contributed by atoms with Crippen LogP contribution in [-0.2, 0) is 12.6 Å². The number of aliphatic hydroxyl groups excluding tert-OH is 1. The van der Waals surface area contributed by atoms with Crippen LogP contribution >= 0.6 is 0 Å². The van der Waals surface area contributed by atoms with E-state index in [1.54, 1.807) is 13.0 Å². The molecule has 0 aliphatic rings. The fourth-order valence-electron chi connectivity index (χ4n) is 1.42. The van der Waals surface area contributed by atoms with Crippen LogP contribution < -0.4 is 0 Å². The number of hydrogen-bond donors (Lipinski definition) is 1. The van der Waals surface area contributed by atoms with Crippen LogP contribution in [-0.4, -0.2) is 11.2 Å². The van der Waals surface area contributed by atoms with Gasteiger partial charge in [-0.05, 0) is 30.9 Å². The van der Waals surface area contributed by atoms with Gasteiger partial charge in [-0.15, -0.1) is 0 Å². The smallest absolute Gasteiger partial charge is 0.393 e. The molecule has 4 heteroatoms. The van der Waals surface area contributed by atoms with Gasteiger partial charge in [-0.1, -0.05) is 25.1 Å². The molecule has 0 aliphatic heterocycles. The van der Waals surface area contributed by atoms with E-state index in [1.807, 2.05) is 6.92 Å². The summed E-state index contributed by atoms with van der Waals surface area (Å²) in [5, 5.41) is 9.29. The van der Waals surface area contributed by atoms with Crippen LogP contribution in [0, 0.1) is 5.92 Å². The third kappa shape index (κ3) is 3.52. The molecule has 0 heterocycles. The van der Waals surface area contributed by atoms with E-state index in [2.05, 4.69) is 0 Å². The largest absolute Gasteiger partial charge is 0.416 e. The second-order valence-electron chi connectivity index (χ2n) is 4.12. The number of benzene rings is 1. The van der Waals surface area contributed by atoms with E-state index in [0.29, 0.717) is 12.0 Å². The molecule has 2 unspecified atom stereocenters. The highest BCUT2D eigenvalue weighted by atomic mass is 19.4.